The van der Waals surface area contributed by atoms with Crippen molar-refractivity contribution in [1.29, 1.82) is 5.26 Å². The smallest absolute Gasteiger partial charge is 0.0683 e. The number of likely N-dealkylation sites (tertiary alicyclic amines) is 1. The van der Waals surface area contributed by atoms with E-state index in [0.29, 0.717) is 5.41 Å². The van der Waals surface area contributed by atoms with Crippen LogP contribution in [0.1, 0.15) is 46.5 Å². The van der Waals surface area contributed by atoms with Gasteiger partial charge in [-0.1, -0.05) is 6.92 Å². The topological polar surface area (TPSA) is 39.1 Å². The van der Waals surface area contributed by atoms with Crippen LogP contribution in [0.4, 0.5) is 0 Å². The van der Waals surface area contributed by atoms with Gasteiger partial charge < -0.3 is 10.2 Å². The van der Waals surface area contributed by atoms with E-state index >= 15 is 0 Å². The predicted octanol–water partition coefficient (Wildman–Crippen LogP) is 2.64. The number of nitrogens with zero attached hydrogens (tertiary/aromatic N) is 2. The highest BCUT2D eigenvalue weighted by molar-refractivity contribution is 4.91. The van der Waals surface area contributed by atoms with Gasteiger partial charge in [0.25, 0.3) is 0 Å². The normalized spacial score (nSPS) is 20.6. The number of hydrogen-bond donors (Lipinski definition) is 1. The second kappa shape index (κ2) is 6.54. The lowest BCUT2D eigenvalue weighted by Crippen LogP contribution is -2.42. The van der Waals surface area contributed by atoms with E-state index in [1.54, 1.807) is 0 Å². The molecule has 3 heteroatoms. The summed E-state index contributed by atoms with van der Waals surface area (Å²) in [6.45, 7) is 11.0. The maximum absolute atomic E-state index is 8.95. The van der Waals surface area contributed by atoms with E-state index in [-0.39, 0.29) is 5.41 Å². The molecule has 0 spiro atoms. The second-order valence-corrected chi connectivity index (χ2v) is 6.89. The van der Waals surface area contributed by atoms with Gasteiger partial charge in [0.2, 0.25) is 0 Å². The van der Waals surface area contributed by atoms with Gasteiger partial charge in [-0.2, -0.15) is 5.26 Å². The highest BCUT2D eigenvalue weighted by atomic mass is 15.1. The van der Waals surface area contributed by atoms with Crippen LogP contribution < -0.4 is 5.32 Å². The molecule has 1 aliphatic heterocycles. The molecule has 1 aliphatic rings. The van der Waals surface area contributed by atoms with Crippen LogP contribution >= 0.6 is 0 Å². The molecule has 0 aliphatic carbocycles. The van der Waals surface area contributed by atoms with Crippen molar-refractivity contribution in [1.82, 2.24) is 10.2 Å². The molecule has 1 N–H and O–H groups in total. The van der Waals surface area contributed by atoms with Crippen LogP contribution in [-0.4, -0.2) is 38.1 Å². The molecule has 0 amide bonds. The fourth-order valence-electron chi connectivity index (χ4n) is 2.44. The molecule has 0 bridgehead atoms. The Morgan fingerprint density at radius 3 is 2.50 bits per heavy atom. The standard InChI is InChI=1S/C15H29N3/c1-14(2,12-16)6-5-9-17-13-15(3)7-10-18(4)11-8-15/h17H,5-11,13H2,1-4H3. The van der Waals surface area contributed by atoms with Gasteiger partial charge in [0, 0.05) is 6.54 Å². The zero-order valence-electron chi connectivity index (χ0n) is 12.6. The Balaban J connectivity index is 2.13. The molecule has 0 saturated carbocycles. The summed E-state index contributed by atoms with van der Waals surface area (Å²) >= 11 is 0. The third-order valence-electron chi connectivity index (χ3n) is 4.20. The van der Waals surface area contributed by atoms with E-state index in [2.05, 4.69) is 30.3 Å². The molecule has 104 valence electrons. The molecule has 0 aromatic rings. The Kier molecular flexibility index (Phi) is 5.62. The Bertz CT molecular complexity index is 283. The van der Waals surface area contributed by atoms with Crippen molar-refractivity contribution in [2.24, 2.45) is 10.8 Å². The lowest BCUT2D eigenvalue weighted by Gasteiger charge is -2.38. The maximum atomic E-state index is 8.95. The van der Waals surface area contributed by atoms with Crippen LogP contribution in [0.3, 0.4) is 0 Å². The molecule has 0 unspecified atom stereocenters. The van der Waals surface area contributed by atoms with Crippen LogP contribution in [0.2, 0.25) is 0 Å². The second-order valence-electron chi connectivity index (χ2n) is 6.89. The van der Waals surface area contributed by atoms with Crippen molar-refractivity contribution in [3.63, 3.8) is 0 Å². The zero-order valence-corrected chi connectivity index (χ0v) is 12.6. The molecule has 3 nitrogen and oxygen atoms in total. The number of rotatable bonds is 6. The van der Waals surface area contributed by atoms with Crippen molar-refractivity contribution < 1.29 is 0 Å². The van der Waals surface area contributed by atoms with Gasteiger partial charge in [0.1, 0.15) is 0 Å². The monoisotopic (exact) mass is 251 g/mol. The highest BCUT2D eigenvalue weighted by Gasteiger charge is 2.28. The van der Waals surface area contributed by atoms with E-state index in [4.69, 9.17) is 5.26 Å². The largest absolute Gasteiger partial charge is 0.316 e. The van der Waals surface area contributed by atoms with Crippen LogP contribution in [-0.2, 0) is 0 Å². The lowest BCUT2D eigenvalue weighted by molar-refractivity contribution is 0.137. The molecule has 0 aromatic heterocycles. The first-order valence-corrected chi connectivity index (χ1v) is 7.17. The molecular formula is C15H29N3. The first kappa shape index (κ1) is 15.5. The van der Waals surface area contributed by atoms with Crippen LogP contribution in [0.5, 0.6) is 0 Å². The van der Waals surface area contributed by atoms with E-state index in [9.17, 15) is 0 Å². The summed E-state index contributed by atoms with van der Waals surface area (Å²) in [6.07, 6.45) is 4.66. The first-order chi connectivity index (χ1) is 8.37. The molecule has 0 atom stereocenters. The third-order valence-corrected chi connectivity index (χ3v) is 4.20. The van der Waals surface area contributed by atoms with Crippen molar-refractivity contribution in [3.8, 4) is 6.07 Å². The van der Waals surface area contributed by atoms with E-state index in [0.717, 1.165) is 25.9 Å². The van der Waals surface area contributed by atoms with Gasteiger partial charge in [-0.05, 0) is 71.6 Å². The summed E-state index contributed by atoms with van der Waals surface area (Å²) in [5.74, 6) is 0. The van der Waals surface area contributed by atoms with Crippen molar-refractivity contribution in [3.05, 3.63) is 0 Å². The van der Waals surface area contributed by atoms with Gasteiger partial charge in [-0.25, -0.2) is 0 Å². The van der Waals surface area contributed by atoms with E-state index in [1.165, 1.54) is 25.9 Å². The summed E-state index contributed by atoms with van der Waals surface area (Å²) < 4.78 is 0. The Hall–Kier alpha value is -0.590. The Labute approximate surface area is 113 Å². The lowest BCUT2D eigenvalue weighted by atomic mass is 9.80. The average Bonchev–Trinajstić information content (AvgIpc) is 2.33. The molecule has 1 fully saturated rings. The maximum Gasteiger partial charge on any atom is 0.0683 e. The number of piperidine rings is 1. The number of nitrogens with one attached hydrogen (secondary N) is 1. The average molecular weight is 251 g/mol. The number of hydrogen-bond acceptors (Lipinski definition) is 3. The SMILES string of the molecule is CN1CCC(C)(CNCCCC(C)(C)C#N)CC1. The Morgan fingerprint density at radius 2 is 1.94 bits per heavy atom. The van der Waals surface area contributed by atoms with E-state index in [1.807, 2.05) is 13.8 Å². The van der Waals surface area contributed by atoms with Gasteiger partial charge in [0.05, 0.1) is 11.5 Å². The third kappa shape index (κ3) is 5.37. The van der Waals surface area contributed by atoms with Crippen LogP contribution in [0.25, 0.3) is 0 Å². The zero-order chi connectivity index (χ0) is 13.6. The number of nitriles is 1. The van der Waals surface area contributed by atoms with Gasteiger partial charge in [0.15, 0.2) is 0 Å². The molecule has 1 heterocycles. The molecule has 0 radical (unpaired) electrons. The summed E-state index contributed by atoms with van der Waals surface area (Å²) in [4.78, 5) is 2.41. The molecular weight excluding hydrogens is 222 g/mol. The van der Waals surface area contributed by atoms with Gasteiger partial charge >= 0.3 is 0 Å². The minimum atomic E-state index is -0.168. The van der Waals surface area contributed by atoms with Crippen LogP contribution in [0.15, 0.2) is 0 Å². The summed E-state index contributed by atoms with van der Waals surface area (Å²) in [7, 11) is 2.21. The van der Waals surface area contributed by atoms with Gasteiger partial charge in [-0.15, -0.1) is 0 Å². The molecule has 1 rings (SSSR count). The molecule has 0 aromatic carbocycles. The van der Waals surface area contributed by atoms with Gasteiger partial charge in [-0.3, -0.25) is 0 Å². The fourth-order valence-corrected chi connectivity index (χ4v) is 2.44. The van der Waals surface area contributed by atoms with Crippen molar-refractivity contribution in [2.45, 2.75) is 46.5 Å². The van der Waals surface area contributed by atoms with E-state index < -0.39 is 0 Å². The van der Waals surface area contributed by atoms with Crippen molar-refractivity contribution in [2.75, 3.05) is 33.2 Å². The predicted molar refractivity (Wildman–Crippen MR) is 76.3 cm³/mol. The minimum absolute atomic E-state index is 0.168. The summed E-state index contributed by atoms with van der Waals surface area (Å²) in [5.41, 5.74) is 0.302. The Morgan fingerprint density at radius 1 is 1.33 bits per heavy atom. The summed E-state index contributed by atoms with van der Waals surface area (Å²) in [5, 5.41) is 12.5. The minimum Gasteiger partial charge on any atom is -0.316 e. The fraction of sp³-hybridized carbons (Fsp3) is 0.933. The molecule has 18 heavy (non-hydrogen) atoms. The van der Waals surface area contributed by atoms with Crippen molar-refractivity contribution >= 4 is 0 Å². The summed E-state index contributed by atoms with van der Waals surface area (Å²) in [6, 6.07) is 2.36. The highest BCUT2D eigenvalue weighted by Crippen LogP contribution is 2.29. The molecule has 1 saturated heterocycles. The van der Waals surface area contributed by atoms with Crippen LogP contribution in [0, 0.1) is 22.2 Å². The quantitative estimate of drug-likeness (QED) is 0.738. The first-order valence-electron chi connectivity index (χ1n) is 7.17.